The molecular weight excluding hydrogens is 473 g/mol. The molecule has 0 bridgehead atoms. The van der Waals surface area contributed by atoms with Crippen LogP contribution in [-0.4, -0.2) is 34.9 Å². The molecule has 36 heavy (non-hydrogen) atoms. The molecule has 3 aromatic carbocycles. The van der Waals surface area contributed by atoms with Crippen LogP contribution in [0.4, 0.5) is 13.2 Å². The molecule has 4 aromatic rings. The first-order valence-corrected chi connectivity index (χ1v) is 11.3. The second kappa shape index (κ2) is 10.8. The molecule has 188 valence electrons. The third-order valence-corrected chi connectivity index (χ3v) is 5.80. The van der Waals surface area contributed by atoms with Crippen LogP contribution >= 0.6 is 0 Å². The molecule has 4 rings (SSSR count). The van der Waals surface area contributed by atoms with E-state index in [-0.39, 0.29) is 34.7 Å². The van der Waals surface area contributed by atoms with E-state index in [1.807, 2.05) is 0 Å². The number of benzene rings is 3. The third kappa shape index (κ3) is 5.87. The van der Waals surface area contributed by atoms with Crippen LogP contribution in [0.15, 0.2) is 77.6 Å². The van der Waals surface area contributed by atoms with Crippen LogP contribution in [0.25, 0.3) is 10.9 Å². The van der Waals surface area contributed by atoms with Crippen molar-refractivity contribution in [3.63, 3.8) is 0 Å². The van der Waals surface area contributed by atoms with Gasteiger partial charge in [0.1, 0.15) is 5.75 Å². The predicted molar refractivity (Wildman–Crippen MR) is 130 cm³/mol. The molecule has 6 nitrogen and oxygen atoms in total. The summed E-state index contributed by atoms with van der Waals surface area (Å²) >= 11 is 0. The minimum absolute atomic E-state index is 0.0927. The fraction of sp³-hybridized carbons (Fsp3) is 0.222. The lowest BCUT2D eigenvalue weighted by molar-refractivity contribution is -0.0475. The van der Waals surface area contributed by atoms with Crippen LogP contribution in [0.5, 0.6) is 11.5 Å². The second-order valence-electron chi connectivity index (χ2n) is 8.38. The summed E-state index contributed by atoms with van der Waals surface area (Å²) in [6.45, 7) is -0.389. The van der Waals surface area contributed by atoms with Crippen molar-refractivity contribution >= 4 is 10.9 Å². The number of aromatic nitrogens is 1. The van der Waals surface area contributed by atoms with Crippen molar-refractivity contribution < 1.29 is 28.1 Å². The summed E-state index contributed by atoms with van der Waals surface area (Å²) in [4.78, 5) is 14.1. The van der Waals surface area contributed by atoms with Crippen molar-refractivity contribution in [3.05, 3.63) is 106 Å². The molecule has 0 unspecified atom stereocenters. The van der Waals surface area contributed by atoms with Gasteiger partial charge in [-0.15, -0.1) is 0 Å². The van der Waals surface area contributed by atoms with Crippen molar-refractivity contribution in [2.45, 2.75) is 18.4 Å². The molecule has 9 heteroatoms. The molecule has 0 amide bonds. The Bertz CT molecular complexity index is 1390. The van der Waals surface area contributed by atoms with Crippen molar-refractivity contribution in [2.75, 3.05) is 19.7 Å². The molecule has 4 N–H and O–H groups in total. The van der Waals surface area contributed by atoms with E-state index in [0.29, 0.717) is 29.5 Å². The number of halogens is 3. The number of nitrogens with one attached hydrogen (secondary N) is 2. The molecule has 1 heterocycles. The number of hydrogen-bond donors (Lipinski definition) is 4. The quantitative estimate of drug-likeness (QED) is 0.243. The summed E-state index contributed by atoms with van der Waals surface area (Å²) < 4.78 is 48.0. The zero-order valence-electron chi connectivity index (χ0n) is 19.2. The van der Waals surface area contributed by atoms with E-state index in [1.54, 1.807) is 18.2 Å². The first-order valence-electron chi connectivity index (χ1n) is 11.3. The van der Waals surface area contributed by atoms with Gasteiger partial charge in [-0.1, -0.05) is 42.5 Å². The molecule has 0 saturated heterocycles. The Labute approximate surface area is 205 Å². The molecule has 0 aliphatic heterocycles. The number of H-pyrrole nitrogens is 1. The smallest absolute Gasteiger partial charge is 0.306 e. The molecule has 0 aliphatic carbocycles. The monoisotopic (exact) mass is 498 g/mol. The first kappa shape index (κ1) is 25.3. The predicted octanol–water partition coefficient (Wildman–Crippen LogP) is 4.41. The first-order chi connectivity index (χ1) is 17.2. The van der Waals surface area contributed by atoms with Gasteiger partial charge in [-0.2, -0.15) is 8.78 Å². The van der Waals surface area contributed by atoms with Crippen molar-refractivity contribution in [3.8, 4) is 11.5 Å². The van der Waals surface area contributed by atoms with E-state index in [2.05, 4.69) is 10.3 Å². The van der Waals surface area contributed by atoms with Gasteiger partial charge in [-0.05, 0) is 48.4 Å². The SMILES string of the molecule is O=c1ccc2c([C@@H](O)CNCCc3ccc(OCC(F)(F)c4ccccc4)c(F)c3)ccc(O)c2[nH]1. The van der Waals surface area contributed by atoms with Gasteiger partial charge in [0.2, 0.25) is 5.56 Å². The number of pyridine rings is 1. The second-order valence-corrected chi connectivity index (χ2v) is 8.38. The summed E-state index contributed by atoms with van der Waals surface area (Å²) in [6, 6.07) is 17.2. The highest BCUT2D eigenvalue weighted by Crippen LogP contribution is 2.30. The third-order valence-electron chi connectivity index (χ3n) is 5.80. The minimum Gasteiger partial charge on any atom is -0.506 e. The summed E-state index contributed by atoms with van der Waals surface area (Å²) in [7, 11) is 0. The van der Waals surface area contributed by atoms with Gasteiger partial charge in [0.25, 0.3) is 0 Å². The van der Waals surface area contributed by atoms with Crippen LogP contribution in [0.2, 0.25) is 0 Å². The molecule has 0 spiro atoms. The van der Waals surface area contributed by atoms with Crippen LogP contribution < -0.4 is 15.6 Å². The van der Waals surface area contributed by atoms with Gasteiger partial charge in [0.05, 0.1) is 11.6 Å². The van der Waals surface area contributed by atoms with E-state index in [4.69, 9.17) is 4.74 Å². The van der Waals surface area contributed by atoms with Crippen LogP contribution in [0, 0.1) is 5.82 Å². The highest BCUT2D eigenvalue weighted by Gasteiger charge is 2.32. The lowest BCUT2D eigenvalue weighted by atomic mass is 10.0. The molecule has 1 atom stereocenters. The Morgan fingerprint density at radius 3 is 2.56 bits per heavy atom. The van der Waals surface area contributed by atoms with E-state index >= 15 is 0 Å². The number of hydrogen-bond acceptors (Lipinski definition) is 5. The lowest BCUT2D eigenvalue weighted by Crippen LogP contribution is -2.24. The maximum atomic E-state index is 14.4. The Hall–Kier alpha value is -3.82. The van der Waals surface area contributed by atoms with Crippen molar-refractivity contribution in [2.24, 2.45) is 0 Å². The fourth-order valence-electron chi connectivity index (χ4n) is 3.88. The van der Waals surface area contributed by atoms with E-state index in [1.165, 1.54) is 54.6 Å². The van der Waals surface area contributed by atoms with Gasteiger partial charge in [-0.3, -0.25) is 4.79 Å². The number of alkyl halides is 2. The van der Waals surface area contributed by atoms with Gasteiger partial charge < -0.3 is 25.3 Å². The van der Waals surface area contributed by atoms with Crippen LogP contribution in [0.3, 0.4) is 0 Å². The Balaban J connectivity index is 1.30. The zero-order valence-corrected chi connectivity index (χ0v) is 19.2. The van der Waals surface area contributed by atoms with Crippen LogP contribution in [-0.2, 0) is 12.3 Å². The average molecular weight is 499 g/mol. The van der Waals surface area contributed by atoms with Gasteiger partial charge in [0, 0.05) is 23.6 Å². The molecule has 0 radical (unpaired) electrons. The minimum atomic E-state index is -3.25. The Morgan fingerprint density at radius 1 is 1.03 bits per heavy atom. The highest BCUT2D eigenvalue weighted by atomic mass is 19.3. The Kier molecular flexibility index (Phi) is 7.61. The number of ether oxygens (including phenoxy) is 1. The fourth-order valence-corrected chi connectivity index (χ4v) is 3.88. The highest BCUT2D eigenvalue weighted by molar-refractivity contribution is 5.87. The number of fused-ring (bicyclic) bond motifs is 1. The number of phenols is 1. The topological polar surface area (TPSA) is 94.6 Å². The zero-order chi connectivity index (χ0) is 25.7. The van der Waals surface area contributed by atoms with Gasteiger partial charge in [0.15, 0.2) is 18.2 Å². The molecule has 0 saturated carbocycles. The summed E-state index contributed by atoms with van der Waals surface area (Å²) in [6.07, 6.45) is -0.494. The summed E-state index contributed by atoms with van der Waals surface area (Å²) in [5.74, 6) is -4.34. The maximum Gasteiger partial charge on any atom is 0.306 e. The number of aliphatic hydroxyl groups is 1. The number of rotatable bonds is 10. The maximum absolute atomic E-state index is 14.4. The van der Waals surface area contributed by atoms with Crippen LogP contribution in [0.1, 0.15) is 22.8 Å². The average Bonchev–Trinajstić information content (AvgIpc) is 2.87. The van der Waals surface area contributed by atoms with E-state index < -0.39 is 24.5 Å². The van der Waals surface area contributed by atoms with Crippen molar-refractivity contribution in [1.82, 2.24) is 10.3 Å². The van der Waals surface area contributed by atoms with E-state index in [0.717, 1.165) is 0 Å². The molecule has 1 aromatic heterocycles. The number of aliphatic hydroxyl groups excluding tert-OH is 1. The lowest BCUT2D eigenvalue weighted by Gasteiger charge is -2.18. The number of aromatic hydroxyl groups is 1. The van der Waals surface area contributed by atoms with Gasteiger partial charge >= 0.3 is 5.92 Å². The van der Waals surface area contributed by atoms with Gasteiger partial charge in [-0.25, -0.2) is 4.39 Å². The molecule has 0 fully saturated rings. The largest absolute Gasteiger partial charge is 0.506 e. The molecular formula is C27H25F3N2O4. The summed E-state index contributed by atoms with van der Waals surface area (Å²) in [5.41, 5.74) is 0.842. The van der Waals surface area contributed by atoms with Crippen molar-refractivity contribution in [1.29, 1.82) is 0 Å². The summed E-state index contributed by atoms with van der Waals surface area (Å²) in [5, 5.41) is 24.2. The Morgan fingerprint density at radius 2 is 1.81 bits per heavy atom. The number of aromatic amines is 1. The number of phenolic OH excluding ortho intramolecular Hbond substituents is 1. The molecule has 0 aliphatic rings. The van der Waals surface area contributed by atoms with E-state index in [9.17, 15) is 28.2 Å². The normalized spacial score (nSPS) is 12.6. The standard InChI is InChI=1S/C27H25F3N2O4/c28-21-14-17(6-10-24(21)36-16-27(29,30)18-4-2-1-3-5-18)12-13-31-15-23(34)19-7-9-22(33)26-20(19)8-11-25(35)32-26/h1-11,14,23,31,33-34H,12-13,15-16H2,(H,32,35)/t23-/m0/s1.